The van der Waals surface area contributed by atoms with Crippen molar-refractivity contribution in [3.8, 4) is 5.75 Å². The molecule has 9 heteroatoms. The minimum atomic E-state index is -3.83. The van der Waals surface area contributed by atoms with Crippen LogP contribution in [0.1, 0.15) is 30.5 Å². The van der Waals surface area contributed by atoms with Crippen molar-refractivity contribution in [1.82, 2.24) is 14.6 Å². The van der Waals surface area contributed by atoms with E-state index in [2.05, 4.69) is 14.8 Å². The first-order valence-electron chi connectivity index (χ1n) is 7.34. The monoisotopic (exact) mass is 366 g/mol. The number of hydrogen-bond acceptors (Lipinski definition) is 6. The van der Waals surface area contributed by atoms with Gasteiger partial charge in [-0.3, -0.25) is 4.72 Å². The predicted octanol–water partition coefficient (Wildman–Crippen LogP) is 3.03. The van der Waals surface area contributed by atoms with Crippen LogP contribution in [0.25, 0.3) is 4.96 Å². The van der Waals surface area contributed by atoms with Gasteiger partial charge < -0.3 is 4.74 Å². The highest BCUT2D eigenvalue weighted by molar-refractivity contribution is 7.92. The number of fused-ring (bicyclic) bond motifs is 1. The molecule has 0 radical (unpaired) electrons. The van der Waals surface area contributed by atoms with Gasteiger partial charge in [-0.2, -0.15) is 18.0 Å². The molecule has 0 fully saturated rings. The number of ether oxygens (including phenoxy) is 1. The second kappa shape index (κ2) is 6.06. The Morgan fingerprint density at radius 1 is 1.33 bits per heavy atom. The van der Waals surface area contributed by atoms with E-state index in [1.807, 2.05) is 13.8 Å². The molecule has 0 aliphatic heterocycles. The summed E-state index contributed by atoms with van der Waals surface area (Å²) < 4.78 is 34.7. The average molecular weight is 366 g/mol. The Kier molecular flexibility index (Phi) is 4.22. The summed E-state index contributed by atoms with van der Waals surface area (Å²) in [4.78, 5) is 4.90. The molecule has 1 N–H and O–H groups in total. The molecule has 3 rings (SSSR count). The Bertz CT molecular complexity index is 989. The van der Waals surface area contributed by atoms with Crippen LogP contribution in [0.2, 0.25) is 0 Å². The molecule has 0 bridgehead atoms. The lowest BCUT2D eigenvalue weighted by Gasteiger charge is -2.09. The molecule has 0 aliphatic carbocycles. The highest BCUT2D eigenvalue weighted by Gasteiger charge is 2.26. The Morgan fingerprint density at radius 2 is 2.08 bits per heavy atom. The minimum absolute atomic E-state index is 0.0588. The number of nitrogens with zero attached hydrogens (tertiary/aromatic N) is 3. The summed E-state index contributed by atoms with van der Waals surface area (Å²) in [6.45, 7) is 5.68. The fraction of sp³-hybridized carbons (Fsp3) is 0.333. The van der Waals surface area contributed by atoms with Crippen LogP contribution < -0.4 is 9.46 Å². The fourth-order valence-electron chi connectivity index (χ4n) is 2.28. The van der Waals surface area contributed by atoms with Gasteiger partial charge >= 0.3 is 0 Å². The first-order valence-corrected chi connectivity index (χ1v) is 9.64. The molecule has 0 atom stereocenters. The molecule has 7 nitrogen and oxygen atoms in total. The van der Waals surface area contributed by atoms with Gasteiger partial charge in [-0.15, -0.1) is 0 Å². The quantitative estimate of drug-likeness (QED) is 0.750. The maximum Gasteiger partial charge on any atom is 0.281 e. The summed E-state index contributed by atoms with van der Waals surface area (Å²) in [7, 11) is -2.30. The first-order chi connectivity index (χ1) is 11.3. The molecule has 0 spiro atoms. The van der Waals surface area contributed by atoms with Crippen molar-refractivity contribution in [1.29, 1.82) is 0 Å². The Labute approximate surface area is 144 Å². The molecule has 1 aromatic carbocycles. The smallest absolute Gasteiger partial charge is 0.281 e. The van der Waals surface area contributed by atoms with Gasteiger partial charge in [0.05, 0.1) is 18.5 Å². The van der Waals surface area contributed by atoms with Gasteiger partial charge in [-0.05, 0) is 19.1 Å². The lowest BCUT2D eigenvalue weighted by atomic mass is 10.2. The van der Waals surface area contributed by atoms with Crippen LogP contribution in [-0.2, 0) is 10.0 Å². The number of imidazole rings is 1. The van der Waals surface area contributed by atoms with Crippen LogP contribution in [-0.4, -0.2) is 30.1 Å². The van der Waals surface area contributed by atoms with Crippen molar-refractivity contribution < 1.29 is 13.2 Å². The molecule has 24 heavy (non-hydrogen) atoms. The van der Waals surface area contributed by atoms with Crippen molar-refractivity contribution in [2.45, 2.75) is 31.7 Å². The van der Waals surface area contributed by atoms with Crippen LogP contribution in [0.15, 0.2) is 29.3 Å². The molecule has 0 saturated carbocycles. The maximum absolute atomic E-state index is 12.8. The zero-order chi connectivity index (χ0) is 17.5. The Hall–Kier alpha value is -2.13. The largest absolute Gasteiger partial charge is 0.497 e. The van der Waals surface area contributed by atoms with Crippen LogP contribution in [0.5, 0.6) is 5.75 Å². The molecule has 0 amide bonds. The molecule has 2 heterocycles. The zero-order valence-electron chi connectivity index (χ0n) is 13.8. The van der Waals surface area contributed by atoms with Gasteiger partial charge in [-0.1, -0.05) is 31.3 Å². The SMILES string of the molecule is COc1cccc(NS(=O)(=O)c2c(C)nc3sc(C(C)C)nn23)c1. The molecule has 3 aromatic rings. The van der Waals surface area contributed by atoms with E-state index in [4.69, 9.17) is 4.74 Å². The number of aromatic nitrogens is 3. The van der Waals surface area contributed by atoms with Gasteiger partial charge in [0.1, 0.15) is 10.8 Å². The highest BCUT2D eigenvalue weighted by atomic mass is 32.2. The van der Waals surface area contributed by atoms with E-state index >= 15 is 0 Å². The maximum atomic E-state index is 12.8. The van der Waals surface area contributed by atoms with Gasteiger partial charge in [0.2, 0.25) is 9.99 Å². The lowest BCUT2D eigenvalue weighted by molar-refractivity contribution is 0.415. The van der Waals surface area contributed by atoms with Gasteiger partial charge in [0.15, 0.2) is 0 Å². The van der Waals surface area contributed by atoms with E-state index in [9.17, 15) is 8.42 Å². The van der Waals surface area contributed by atoms with Gasteiger partial charge in [0, 0.05) is 12.0 Å². The summed E-state index contributed by atoms with van der Waals surface area (Å²) >= 11 is 1.40. The van der Waals surface area contributed by atoms with Crippen molar-refractivity contribution in [2.24, 2.45) is 0 Å². The summed E-state index contributed by atoms with van der Waals surface area (Å²) in [6, 6.07) is 6.74. The molecular weight excluding hydrogens is 348 g/mol. The third kappa shape index (κ3) is 2.96. The van der Waals surface area contributed by atoms with Crippen LogP contribution in [0.4, 0.5) is 5.69 Å². The molecule has 0 aliphatic rings. The van der Waals surface area contributed by atoms with E-state index in [0.29, 0.717) is 22.1 Å². The van der Waals surface area contributed by atoms with Crippen LogP contribution >= 0.6 is 11.3 Å². The number of nitrogens with one attached hydrogen (secondary N) is 1. The number of anilines is 1. The number of methoxy groups -OCH3 is 1. The van der Waals surface area contributed by atoms with Crippen LogP contribution in [0.3, 0.4) is 0 Å². The van der Waals surface area contributed by atoms with E-state index < -0.39 is 10.0 Å². The van der Waals surface area contributed by atoms with Crippen molar-refractivity contribution in [3.05, 3.63) is 35.0 Å². The van der Waals surface area contributed by atoms with E-state index in [1.165, 1.54) is 23.0 Å². The second-order valence-electron chi connectivity index (χ2n) is 5.63. The Morgan fingerprint density at radius 3 is 2.75 bits per heavy atom. The summed E-state index contributed by atoms with van der Waals surface area (Å²) in [6.07, 6.45) is 0. The van der Waals surface area contributed by atoms with E-state index in [0.717, 1.165) is 5.01 Å². The van der Waals surface area contributed by atoms with Gasteiger partial charge in [-0.25, -0.2) is 4.98 Å². The zero-order valence-corrected chi connectivity index (χ0v) is 15.4. The third-order valence-corrected chi connectivity index (χ3v) is 6.10. The molecule has 0 saturated heterocycles. The molecule has 0 unspecified atom stereocenters. The molecular formula is C15H18N4O3S2. The standard InChI is InChI=1S/C15H18N4O3S2/c1-9(2)13-17-19-14(10(3)16-15(19)23-13)24(20,21)18-11-6-5-7-12(8-11)22-4/h5-9,18H,1-4H3. The van der Waals surface area contributed by atoms with Crippen molar-refractivity contribution >= 4 is 32.0 Å². The average Bonchev–Trinajstić information content (AvgIpc) is 3.03. The third-order valence-electron chi connectivity index (χ3n) is 3.41. The van der Waals surface area contributed by atoms with E-state index in [1.54, 1.807) is 31.2 Å². The second-order valence-corrected chi connectivity index (χ2v) is 8.21. The summed E-state index contributed by atoms with van der Waals surface area (Å²) in [5.41, 5.74) is 0.836. The number of hydrogen-bond donors (Lipinski definition) is 1. The minimum Gasteiger partial charge on any atom is -0.497 e. The van der Waals surface area contributed by atoms with Crippen LogP contribution in [0, 0.1) is 6.92 Å². The fourth-order valence-corrected chi connectivity index (χ4v) is 4.60. The molecule has 128 valence electrons. The number of aryl methyl sites for hydroxylation is 1. The summed E-state index contributed by atoms with van der Waals surface area (Å²) in [5.74, 6) is 0.778. The van der Waals surface area contributed by atoms with E-state index in [-0.39, 0.29) is 10.9 Å². The first kappa shape index (κ1) is 16.7. The lowest BCUT2D eigenvalue weighted by Crippen LogP contribution is -2.16. The van der Waals surface area contributed by atoms with Crippen molar-refractivity contribution in [3.63, 3.8) is 0 Å². The predicted molar refractivity (Wildman–Crippen MR) is 93.5 cm³/mol. The van der Waals surface area contributed by atoms with Gasteiger partial charge in [0.25, 0.3) is 10.0 Å². The number of benzene rings is 1. The topological polar surface area (TPSA) is 85.6 Å². The number of sulfonamides is 1. The summed E-state index contributed by atoms with van der Waals surface area (Å²) in [5, 5.41) is 5.31. The highest BCUT2D eigenvalue weighted by Crippen LogP contribution is 2.27. The molecule has 2 aromatic heterocycles. The van der Waals surface area contributed by atoms with Crippen molar-refractivity contribution in [2.75, 3.05) is 11.8 Å². The number of rotatable bonds is 5. The normalized spacial score (nSPS) is 12.0. The Balaban J connectivity index is 2.05.